The van der Waals surface area contributed by atoms with Crippen LogP contribution in [0, 0.1) is 0 Å². The summed E-state index contributed by atoms with van der Waals surface area (Å²) < 4.78 is 24.7. The number of halogens is 2. The lowest BCUT2D eigenvalue weighted by Gasteiger charge is -2.31. The van der Waals surface area contributed by atoms with Gasteiger partial charge in [0.25, 0.3) is 6.43 Å². The van der Waals surface area contributed by atoms with Crippen molar-refractivity contribution in [1.29, 1.82) is 0 Å². The van der Waals surface area contributed by atoms with Crippen LogP contribution in [-0.2, 0) is 4.79 Å². The lowest BCUT2D eigenvalue weighted by atomic mass is 10.0. The average Bonchev–Trinajstić information content (AvgIpc) is 2.61. The molecular weight excluding hydrogens is 324 g/mol. The number of carbonyl (C=O) groups is 1. The summed E-state index contributed by atoms with van der Waals surface area (Å²) in [7, 11) is 0. The quantitative estimate of drug-likeness (QED) is 0.847. The van der Waals surface area contributed by atoms with Gasteiger partial charge < -0.3 is 5.32 Å². The molecule has 1 fully saturated rings. The molecule has 0 saturated carbocycles. The number of carbonyl (C=O) groups excluding carboxylic acids is 1. The second-order valence-corrected chi connectivity index (χ2v) is 6.23. The van der Waals surface area contributed by atoms with Gasteiger partial charge in [-0.3, -0.25) is 14.7 Å². The van der Waals surface area contributed by atoms with Gasteiger partial charge in [0.15, 0.2) is 0 Å². The largest absolute Gasteiger partial charge is 0.350 e. The van der Waals surface area contributed by atoms with Crippen molar-refractivity contribution in [3.8, 4) is 0 Å². The highest BCUT2D eigenvalue weighted by Crippen LogP contribution is 2.17. The first kappa shape index (κ1) is 17.5. The molecule has 0 spiro atoms. The number of benzene rings is 1. The second kappa shape index (κ2) is 8.16. The van der Waals surface area contributed by atoms with Crippen LogP contribution >= 0.6 is 0 Å². The van der Waals surface area contributed by atoms with Crippen molar-refractivity contribution in [2.24, 2.45) is 0 Å². The molecule has 6 heteroatoms. The molecule has 1 aliphatic heterocycles. The van der Waals surface area contributed by atoms with E-state index in [9.17, 15) is 13.6 Å². The summed E-state index contributed by atoms with van der Waals surface area (Å²) in [6.07, 6.45) is 4.12. The van der Waals surface area contributed by atoms with E-state index in [1.54, 1.807) is 17.2 Å². The maximum absolute atomic E-state index is 12.4. The summed E-state index contributed by atoms with van der Waals surface area (Å²) in [5.41, 5.74) is 1.82. The van der Waals surface area contributed by atoms with Crippen molar-refractivity contribution in [3.63, 3.8) is 0 Å². The van der Waals surface area contributed by atoms with E-state index in [2.05, 4.69) is 10.3 Å². The number of hydrogen-bond acceptors (Lipinski definition) is 3. The number of nitrogens with zero attached hydrogens (tertiary/aromatic N) is 2. The SMILES string of the molecule is O=C(/C=C\c1ccnc2ccccc12)NC1CCN(CC(F)F)CC1. The fourth-order valence-corrected chi connectivity index (χ4v) is 3.13. The maximum Gasteiger partial charge on any atom is 0.251 e. The Morgan fingerprint density at radius 1 is 1.28 bits per heavy atom. The first-order valence-electron chi connectivity index (χ1n) is 8.44. The summed E-state index contributed by atoms with van der Waals surface area (Å²) in [4.78, 5) is 18.2. The highest BCUT2D eigenvalue weighted by molar-refractivity contribution is 5.95. The molecule has 0 radical (unpaired) electrons. The lowest BCUT2D eigenvalue weighted by Crippen LogP contribution is -2.45. The van der Waals surface area contributed by atoms with Crippen LogP contribution < -0.4 is 5.32 Å². The Labute approximate surface area is 145 Å². The standard InChI is InChI=1S/C19H21F2N3O/c20-18(21)13-24-11-8-15(9-12-24)23-19(25)6-5-14-7-10-22-17-4-2-1-3-16(14)17/h1-7,10,15,18H,8-9,11-13H2,(H,23,25)/b6-5-. The molecule has 1 amide bonds. The molecule has 1 N–H and O–H groups in total. The van der Waals surface area contributed by atoms with Crippen LogP contribution in [0.4, 0.5) is 8.78 Å². The first-order chi connectivity index (χ1) is 12.1. The molecule has 132 valence electrons. The summed E-state index contributed by atoms with van der Waals surface area (Å²) in [5.74, 6) is -0.159. The third-order valence-corrected chi connectivity index (χ3v) is 4.43. The fourth-order valence-electron chi connectivity index (χ4n) is 3.13. The number of aromatic nitrogens is 1. The molecule has 0 atom stereocenters. The number of likely N-dealkylation sites (tertiary alicyclic amines) is 1. The predicted octanol–water partition coefficient (Wildman–Crippen LogP) is 3.09. The van der Waals surface area contributed by atoms with Gasteiger partial charge in [0.2, 0.25) is 5.91 Å². The molecule has 1 saturated heterocycles. The van der Waals surface area contributed by atoms with Crippen LogP contribution in [-0.4, -0.2) is 47.9 Å². The molecule has 0 bridgehead atoms. The van der Waals surface area contributed by atoms with Gasteiger partial charge in [-0.25, -0.2) is 8.78 Å². The van der Waals surface area contributed by atoms with E-state index in [0.717, 1.165) is 16.5 Å². The molecule has 25 heavy (non-hydrogen) atoms. The Balaban J connectivity index is 1.55. The van der Waals surface area contributed by atoms with Crippen LogP contribution in [0.15, 0.2) is 42.6 Å². The molecule has 1 aliphatic rings. The summed E-state index contributed by atoms with van der Waals surface area (Å²) in [6.45, 7) is 0.998. The monoisotopic (exact) mass is 345 g/mol. The van der Waals surface area contributed by atoms with Crippen molar-refractivity contribution in [3.05, 3.63) is 48.2 Å². The number of rotatable bonds is 5. The topological polar surface area (TPSA) is 45.2 Å². The van der Waals surface area contributed by atoms with E-state index >= 15 is 0 Å². The number of hydrogen-bond donors (Lipinski definition) is 1. The molecule has 0 unspecified atom stereocenters. The normalized spacial score (nSPS) is 16.8. The van der Waals surface area contributed by atoms with Crippen molar-refractivity contribution in [2.45, 2.75) is 25.3 Å². The highest BCUT2D eigenvalue weighted by atomic mass is 19.3. The van der Waals surface area contributed by atoms with Gasteiger partial charge in [-0.05, 0) is 36.6 Å². The minimum atomic E-state index is -2.30. The Bertz CT molecular complexity index is 750. The highest BCUT2D eigenvalue weighted by Gasteiger charge is 2.21. The van der Waals surface area contributed by atoms with Crippen molar-refractivity contribution in [1.82, 2.24) is 15.2 Å². The first-order valence-corrected chi connectivity index (χ1v) is 8.44. The zero-order valence-electron chi connectivity index (χ0n) is 13.9. The van der Waals surface area contributed by atoms with E-state index in [1.807, 2.05) is 30.3 Å². The molecule has 2 heterocycles. The van der Waals surface area contributed by atoms with E-state index in [1.165, 1.54) is 6.08 Å². The number of piperidine rings is 1. The van der Waals surface area contributed by atoms with Gasteiger partial charge in [0.1, 0.15) is 0 Å². The number of fused-ring (bicyclic) bond motifs is 1. The number of pyridine rings is 1. The zero-order chi connectivity index (χ0) is 17.6. The smallest absolute Gasteiger partial charge is 0.251 e. The Morgan fingerprint density at radius 2 is 2.04 bits per heavy atom. The maximum atomic E-state index is 12.4. The van der Waals surface area contributed by atoms with Crippen LogP contribution in [0.25, 0.3) is 17.0 Å². The Morgan fingerprint density at radius 3 is 2.80 bits per heavy atom. The van der Waals surface area contributed by atoms with Crippen LogP contribution in [0.5, 0.6) is 0 Å². The van der Waals surface area contributed by atoms with Gasteiger partial charge >= 0.3 is 0 Å². The second-order valence-electron chi connectivity index (χ2n) is 6.23. The molecule has 1 aromatic heterocycles. The Hall–Kier alpha value is -2.34. The fraction of sp³-hybridized carbons (Fsp3) is 0.368. The van der Waals surface area contributed by atoms with Crippen molar-refractivity contribution >= 4 is 22.9 Å². The van der Waals surface area contributed by atoms with Gasteiger partial charge in [-0.15, -0.1) is 0 Å². The van der Waals surface area contributed by atoms with Gasteiger partial charge in [0, 0.05) is 36.8 Å². The van der Waals surface area contributed by atoms with E-state index in [0.29, 0.717) is 25.9 Å². The van der Waals surface area contributed by atoms with Crippen LogP contribution in [0.2, 0.25) is 0 Å². The molecule has 1 aromatic carbocycles. The molecule has 2 aromatic rings. The van der Waals surface area contributed by atoms with Gasteiger partial charge in [-0.2, -0.15) is 0 Å². The van der Waals surface area contributed by atoms with Gasteiger partial charge in [0.05, 0.1) is 12.1 Å². The minimum absolute atomic E-state index is 0.0419. The van der Waals surface area contributed by atoms with Gasteiger partial charge in [-0.1, -0.05) is 18.2 Å². The third-order valence-electron chi connectivity index (χ3n) is 4.43. The van der Waals surface area contributed by atoms with E-state index < -0.39 is 6.43 Å². The third kappa shape index (κ3) is 4.82. The molecule has 3 rings (SSSR count). The number of amides is 1. The average molecular weight is 345 g/mol. The molecule has 4 nitrogen and oxygen atoms in total. The molecular formula is C19H21F2N3O. The van der Waals surface area contributed by atoms with E-state index in [-0.39, 0.29) is 18.5 Å². The predicted molar refractivity (Wildman–Crippen MR) is 94.4 cm³/mol. The number of nitrogens with one attached hydrogen (secondary N) is 1. The summed E-state index contributed by atoms with van der Waals surface area (Å²) in [5, 5.41) is 3.95. The zero-order valence-corrected chi connectivity index (χ0v) is 13.9. The van der Waals surface area contributed by atoms with Crippen molar-refractivity contribution in [2.75, 3.05) is 19.6 Å². The number of alkyl halides is 2. The van der Waals surface area contributed by atoms with Crippen LogP contribution in [0.3, 0.4) is 0 Å². The lowest BCUT2D eigenvalue weighted by molar-refractivity contribution is -0.117. The minimum Gasteiger partial charge on any atom is -0.350 e. The summed E-state index contributed by atoms with van der Waals surface area (Å²) in [6, 6.07) is 9.68. The Kier molecular flexibility index (Phi) is 5.71. The van der Waals surface area contributed by atoms with E-state index in [4.69, 9.17) is 0 Å². The molecule has 0 aliphatic carbocycles. The van der Waals surface area contributed by atoms with Crippen LogP contribution in [0.1, 0.15) is 18.4 Å². The van der Waals surface area contributed by atoms with Crippen molar-refractivity contribution < 1.29 is 13.6 Å². The number of para-hydroxylation sites is 1. The summed E-state index contributed by atoms with van der Waals surface area (Å²) >= 11 is 0.